The molecule has 0 spiro atoms. The Morgan fingerprint density at radius 3 is 2.58 bits per heavy atom. The van der Waals surface area contributed by atoms with Gasteiger partial charge in [-0.1, -0.05) is 36.4 Å². The lowest BCUT2D eigenvalue weighted by atomic mass is 9.94. The second-order valence-corrected chi connectivity index (χ2v) is 8.49. The van der Waals surface area contributed by atoms with E-state index < -0.39 is 17.7 Å². The fraction of sp³-hybridized carbons (Fsp3) is 0.143. The first-order valence-corrected chi connectivity index (χ1v) is 11.5. The summed E-state index contributed by atoms with van der Waals surface area (Å²) in [7, 11) is 1.52. The van der Waals surface area contributed by atoms with Gasteiger partial charge in [0.15, 0.2) is 11.5 Å². The van der Waals surface area contributed by atoms with E-state index in [0.29, 0.717) is 47.3 Å². The molecule has 1 saturated heterocycles. The van der Waals surface area contributed by atoms with Crippen LogP contribution in [0.2, 0.25) is 0 Å². The molecule has 0 bridgehead atoms. The van der Waals surface area contributed by atoms with Gasteiger partial charge in [-0.25, -0.2) is 0 Å². The number of ether oxygens (including phenoxy) is 3. The largest absolute Gasteiger partial charge is 0.507 e. The molecule has 180 valence electrons. The molecule has 6 rings (SSSR count). The number of hydrogen-bond donors (Lipinski definition) is 2. The first-order valence-electron chi connectivity index (χ1n) is 11.5. The van der Waals surface area contributed by atoms with Crippen molar-refractivity contribution in [2.75, 3.05) is 25.2 Å². The number of aromatic nitrogens is 1. The molecule has 2 aliphatic rings. The van der Waals surface area contributed by atoms with Crippen LogP contribution in [0.15, 0.2) is 78.5 Å². The molecule has 8 heteroatoms. The summed E-state index contributed by atoms with van der Waals surface area (Å²) >= 11 is 0. The van der Waals surface area contributed by atoms with Crippen molar-refractivity contribution < 1.29 is 28.9 Å². The lowest BCUT2D eigenvalue weighted by molar-refractivity contribution is -0.132. The first kappa shape index (κ1) is 21.8. The average molecular weight is 482 g/mol. The van der Waals surface area contributed by atoms with Crippen molar-refractivity contribution in [2.24, 2.45) is 0 Å². The molecular formula is C28H22N2O6. The lowest BCUT2D eigenvalue weighted by Gasteiger charge is -2.28. The zero-order valence-corrected chi connectivity index (χ0v) is 19.4. The van der Waals surface area contributed by atoms with E-state index in [1.807, 2.05) is 24.3 Å². The molecule has 0 aliphatic carbocycles. The van der Waals surface area contributed by atoms with Crippen LogP contribution in [-0.4, -0.2) is 42.1 Å². The van der Waals surface area contributed by atoms with Crippen LogP contribution in [0.4, 0.5) is 5.69 Å². The highest BCUT2D eigenvalue weighted by atomic mass is 16.6. The third kappa shape index (κ3) is 3.30. The number of para-hydroxylation sites is 2. The Morgan fingerprint density at radius 1 is 1.00 bits per heavy atom. The van der Waals surface area contributed by atoms with E-state index in [0.717, 1.165) is 10.9 Å². The van der Waals surface area contributed by atoms with Gasteiger partial charge in [0.25, 0.3) is 11.7 Å². The summed E-state index contributed by atoms with van der Waals surface area (Å²) in [4.78, 5) is 31.5. The van der Waals surface area contributed by atoms with Crippen LogP contribution < -0.4 is 19.1 Å². The number of carbonyl (C=O) groups excluding carboxylic acids is 2. The number of aliphatic hydroxyl groups is 1. The van der Waals surface area contributed by atoms with Crippen molar-refractivity contribution in [2.45, 2.75) is 6.04 Å². The maximum absolute atomic E-state index is 13.5. The third-order valence-electron chi connectivity index (χ3n) is 6.53. The number of aromatic amines is 1. The van der Waals surface area contributed by atoms with Crippen LogP contribution in [0.1, 0.15) is 17.2 Å². The van der Waals surface area contributed by atoms with Crippen molar-refractivity contribution in [3.63, 3.8) is 0 Å². The molecule has 0 radical (unpaired) electrons. The number of rotatable bonds is 4. The number of anilines is 1. The van der Waals surface area contributed by atoms with E-state index in [-0.39, 0.29) is 11.3 Å². The average Bonchev–Trinajstić information content (AvgIpc) is 3.47. The van der Waals surface area contributed by atoms with Gasteiger partial charge in [0.1, 0.15) is 24.7 Å². The molecule has 2 aliphatic heterocycles. The summed E-state index contributed by atoms with van der Waals surface area (Å²) in [6.45, 7) is 0.814. The summed E-state index contributed by atoms with van der Waals surface area (Å²) in [5.41, 5.74) is 2.22. The van der Waals surface area contributed by atoms with Crippen molar-refractivity contribution >= 4 is 34.0 Å². The van der Waals surface area contributed by atoms with Crippen LogP contribution in [0, 0.1) is 0 Å². The van der Waals surface area contributed by atoms with E-state index in [4.69, 9.17) is 14.2 Å². The summed E-state index contributed by atoms with van der Waals surface area (Å²) in [5, 5.41) is 12.3. The highest BCUT2D eigenvalue weighted by Gasteiger charge is 2.48. The number of hydrogen-bond acceptors (Lipinski definition) is 6. The van der Waals surface area contributed by atoms with Crippen molar-refractivity contribution in [1.29, 1.82) is 0 Å². The number of fused-ring (bicyclic) bond motifs is 2. The van der Waals surface area contributed by atoms with E-state index in [1.54, 1.807) is 48.7 Å². The molecule has 3 heterocycles. The molecule has 1 aromatic heterocycles. The highest BCUT2D eigenvalue weighted by molar-refractivity contribution is 6.52. The van der Waals surface area contributed by atoms with Gasteiger partial charge < -0.3 is 24.3 Å². The molecule has 1 atom stereocenters. The van der Waals surface area contributed by atoms with E-state index in [1.165, 1.54) is 12.0 Å². The number of nitrogens with zero attached hydrogens (tertiary/aromatic N) is 1. The summed E-state index contributed by atoms with van der Waals surface area (Å²) in [6.07, 6.45) is 1.64. The normalized spacial score (nSPS) is 18.6. The standard InChI is InChI=1S/C28H22N2O6/c1-34-21-9-5-3-7-18(21)25-24(26(31)19-15-29-20-8-4-2-6-17(19)20)27(32)28(33)30(25)16-10-11-22-23(14-16)36-13-12-35-22/h2-11,14-15,25,29,31H,12-13H2,1H3/b26-24-. The maximum atomic E-state index is 13.5. The van der Waals surface area contributed by atoms with Crippen LogP contribution in [0.25, 0.3) is 16.7 Å². The molecule has 2 N–H and O–H groups in total. The van der Waals surface area contributed by atoms with Gasteiger partial charge in [0.05, 0.1) is 18.7 Å². The predicted octanol–water partition coefficient (Wildman–Crippen LogP) is 4.57. The minimum absolute atomic E-state index is 0.0239. The Labute approximate surface area is 206 Å². The zero-order valence-electron chi connectivity index (χ0n) is 19.4. The topological polar surface area (TPSA) is 101 Å². The number of nitrogens with one attached hydrogen (secondary N) is 1. The van der Waals surface area contributed by atoms with Crippen molar-refractivity contribution in [1.82, 2.24) is 4.98 Å². The summed E-state index contributed by atoms with van der Waals surface area (Å²) in [6, 6.07) is 18.7. The van der Waals surface area contributed by atoms with E-state index >= 15 is 0 Å². The quantitative estimate of drug-likeness (QED) is 0.251. The Hall–Kier alpha value is -4.72. The number of carbonyl (C=O) groups is 2. The lowest BCUT2D eigenvalue weighted by Crippen LogP contribution is -2.30. The molecule has 1 fully saturated rings. The second-order valence-electron chi connectivity index (χ2n) is 8.49. The number of methoxy groups -OCH3 is 1. The van der Waals surface area contributed by atoms with Crippen LogP contribution in [0.5, 0.6) is 17.2 Å². The number of amides is 1. The minimum Gasteiger partial charge on any atom is -0.507 e. The molecule has 3 aromatic carbocycles. The zero-order chi connectivity index (χ0) is 24.8. The van der Waals surface area contributed by atoms with Gasteiger partial charge >= 0.3 is 0 Å². The van der Waals surface area contributed by atoms with E-state index in [9.17, 15) is 14.7 Å². The summed E-state index contributed by atoms with van der Waals surface area (Å²) < 4.78 is 16.9. The smallest absolute Gasteiger partial charge is 0.300 e. The Morgan fingerprint density at radius 2 is 1.75 bits per heavy atom. The fourth-order valence-electron chi connectivity index (χ4n) is 4.88. The molecule has 4 aromatic rings. The Balaban J connectivity index is 1.59. The third-order valence-corrected chi connectivity index (χ3v) is 6.53. The monoisotopic (exact) mass is 482 g/mol. The van der Waals surface area contributed by atoms with Crippen molar-refractivity contribution in [3.8, 4) is 17.2 Å². The maximum Gasteiger partial charge on any atom is 0.300 e. The molecule has 1 unspecified atom stereocenters. The number of H-pyrrole nitrogens is 1. The van der Waals surface area contributed by atoms with Gasteiger partial charge in [-0.05, 0) is 24.3 Å². The van der Waals surface area contributed by atoms with Gasteiger partial charge in [0, 0.05) is 40.0 Å². The van der Waals surface area contributed by atoms with Crippen LogP contribution >= 0.6 is 0 Å². The minimum atomic E-state index is -0.933. The van der Waals surface area contributed by atoms with Gasteiger partial charge in [-0.3, -0.25) is 14.5 Å². The molecular weight excluding hydrogens is 460 g/mol. The number of aliphatic hydroxyl groups excluding tert-OH is 1. The van der Waals surface area contributed by atoms with Gasteiger partial charge in [-0.15, -0.1) is 0 Å². The highest BCUT2D eigenvalue weighted by Crippen LogP contribution is 2.47. The first-order chi connectivity index (χ1) is 17.6. The predicted molar refractivity (Wildman–Crippen MR) is 134 cm³/mol. The summed E-state index contributed by atoms with van der Waals surface area (Å²) in [5.74, 6) is -0.281. The molecule has 1 amide bonds. The van der Waals surface area contributed by atoms with E-state index in [2.05, 4.69) is 4.98 Å². The molecule has 0 saturated carbocycles. The number of Topliss-reactive ketones (excluding diaryl/α,β-unsaturated/α-hetero) is 1. The second kappa shape index (κ2) is 8.49. The molecule has 36 heavy (non-hydrogen) atoms. The fourth-order valence-corrected chi connectivity index (χ4v) is 4.88. The van der Waals surface area contributed by atoms with Gasteiger partial charge in [-0.2, -0.15) is 0 Å². The van der Waals surface area contributed by atoms with Crippen molar-refractivity contribution in [3.05, 3.63) is 89.6 Å². The number of ketones is 1. The Kier molecular flexibility index (Phi) is 5.14. The SMILES string of the molecule is COc1ccccc1C1/C(=C(/O)c2c[nH]c3ccccc23)C(=O)C(=O)N1c1ccc2c(c1)OCCO2. The Bertz CT molecular complexity index is 1550. The number of benzene rings is 3. The van der Waals surface area contributed by atoms with Gasteiger partial charge in [0.2, 0.25) is 0 Å². The molecule has 8 nitrogen and oxygen atoms in total. The van der Waals surface area contributed by atoms with Crippen LogP contribution in [0.3, 0.4) is 0 Å². The van der Waals surface area contributed by atoms with Crippen LogP contribution in [-0.2, 0) is 9.59 Å².